The summed E-state index contributed by atoms with van der Waals surface area (Å²) in [7, 11) is 0. The van der Waals surface area contributed by atoms with E-state index in [1.165, 1.54) is 0 Å². The highest BCUT2D eigenvalue weighted by atomic mass is 16.1. The average molecular weight is 261 g/mol. The molecule has 0 spiro atoms. The van der Waals surface area contributed by atoms with Crippen molar-refractivity contribution in [3.63, 3.8) is 0 Å². The Hall–Kier alpha value is -1.55. The minimum Gasteiger partial charge on any atom is -0.369 e. The van der Waals surface area contributed by atoms with Gasteiger partial charge in [0.25, 0.3) is 0 Å². The Morgan fingerprint density at radius 2 is 1.95 bits per heavy atom. The van der Waals surface area contributed by atoms with E-state index in [0.717, 1.165) is 24.1 Å². The second kappa shape index (κ2) is 5.61. The van der Waals surface area contributed by atoms with E-state index < -0.39 is 0 Å². The lowest BCUT2D eigenvalue weighted by Gasteiger charge is -2.38. The van der Waals surface area contributed by atoms with Crippen molar-refractivity contribution in [1.29, 1.82) is 0 Å². The summed E-state index contributed by atoms with van der Waals surface area (Å²) < 4.78 is 0. The van der Waals surface area contributed by atoms with Crippen LogP contribution in [0.3, 0.4) is 0 Å². The van der Waals surface area contributed by atoms with Crippen LogP contribution >= 0.6 is 0 Å². The number of rotatable bonds is 3. The third kappa shape index (κ3) is 3.07. The summed E-state index contributed by atoms with van der Waals surface area (Å²) in [6.07, 6.45) is 1.90. The Balaban J connectivity index is 2.16. The zero-order chi connectivity index (χ0) is 14.0. The van der Waals surface area contributed by atoms with E-state index in [0.29, 0.717) is 12.6 Å². The summed E-state index contributed by atoms with van der Waals surface area (Å²) >= 11 is 0. The van der Waals surface area contributed by atoms with Crippen molar-refractivity contribution in [2.24, 2.45) is 17.4 Å². The molecule has 3 unspecified atom stereocenters. The van der Waals surface area contributed by atoms with Crippen LogP contribution in [0.2, 0.25) is 0 Å². The fraction of sp³-hybridized carbons (Fsp3) is 0.533. The van der Waals surface area contributed by atoms with Crippen LogP contribution in [0.5, 0.6) is 0 Å². The fourth-order valence-corrected chi connectivity index (χ4v) is 2.67. The molecule has 0 bridgehead atoms. The summed E-state index contributed by atoms with van der Waals surface area (Å²) in [5, 5.41) is 0. The smallest absolute Gasteiger partial charge is 0.222 e. The first kappa shape index (κ1) is 13.9. The Morgan fingerprint density at radius 3 is 2.47 bits per heavy atom. The largest absolute Gasteiger partial charge is 0.369 e. The third-order valence-electron chi connectivity index (χ3n) is 4.03. The molecule has 1 amide bonds. The number of amides is 1. The van der Waals surface area contributed by atoms with Crippen LogP contribution in [0.4, 0.5) is 5.69 Å². The van der Waals surface area contributed by atoms with Gasteiger partial charge in [-0.2, -0.15) is 0 Å². The summed E-state index contributed by atoms with van der Waals surface area (Å²) in [6, 6.07) is 8.76. The molecule has 1 aliphatic heterocycles. The third-order valence-corrected chi connectivity index (χ3v) is 4.03. The highest BCUT2D eigenvalue weighted by Gasteiger charge is 2.28. The van der Waals surface area contributed by atoms with Gasteiger partial charge in [-0.25, -0.2) is 0 Å². The molecule has 19 heavy (non-hydrogen) atoms. The van der Waals surface area contributed by atoms with Crippen molar-refractivity contribution in [2.45, 2.75) is 38.8 Å². The van der Waals surface area contributed by atoms with Gasteiger partial charge in [-0.15, -0.1) is 0 Å². The lowest BCUT2D eigenvalue weighted by Crippen LogP contribution is -2.45. The van der Waals surface area contributed by atoms with Gasteiger partial charge in [0.05, 0.1) is 5.92 Å². The number of anilines is 1. The van der Waals surface area contributed by atoms with Crippen molar-refractivity contribution in [1.82, 2.24) is 0 Å². The Kier molecular flexibility index (Phi) is 4.10. The van der Waals surface area contributed by atoms with Crippen molar-refractivity contribution < 1.29 is 4.79 Å². The molecule has 0 aliphatic carbocycles. The van der Waals surface area contributed by atoms with Gasteiger partial charge in [-0.1, -0.05) is 12.1 Å². The molecular weight excluding hydrogens is 238 g/mol. The predicted octanol–water partition coefficient (Wildman–Crippen LogP) is 1.80. The minimum absolute atomic E-state index is 0.0377. The van der Waals surface area contributed by atoms with Crippen LogP contribution in [0.25, 0.3) is 0 Å². The van der Waals surface area contributed by atoms with Crippen molar-refractivity contribution in [3.8, 4) is 0 Å². The zero-order valence-corrected chi connectivity index (χ0v) is 11.7. The van der Waals surface area contributed by atoms with Crippen molar-refractivity contribution >= 4 is 11.6 Å². The number of nitrogens with two attached hydrogens (primary N) is 2. The molecule has 1 aliphatic rings. The Morgan fingerprint density at radius 1 is 1.32 bits per heavy atom. The molecule has 0 saturated carbocycles. The van der Waals surface area contributed by atoms with Gasteiger partial charge in [0.1, 0.15) is 0 Å². The molecule has 0 aromatic heterocycles. The molecule has 104 valence electrons. The molecule has 3 atom stereocenters. The van der Waals surface area contributed by atoms with Crippen LogP contribution in [-0.2, 0) is 4.79 Å². The van der Waals surface area contributed by atoms with Crippen LogP contribution in [0.15, 0.2) is 24.3 Å². The van der Waals surface area contributed by atoms with Crippen LogP contribution in [0.1, 0.15) is 38.3 Å². The quantitative estimate of drug-likeness (QED) is 0.871. The topological polar surface area (TPSA) is 72.3 Å². The number of carbonyl (C=O) groups is 1. The zero-order valence-electron chi connectivity index (χ0n) is 11.7. The number of hydrogen-bond acceptors (Lipinski definition) is 3. The molecule has 4 N–H and O–H groups in total. The van der Waals surface area contributed by atoms with E-state index >= 15 is 0 Å². The normalized spacial score (nSPS) is 25.1. The maximum atomic E-state index is 11.4. The number of hydrogen-bond donors (Lipinski definition) is 2. The Bertz CT molecular complexity index is 441. The number of carbonyl (C=O) groups excluding carboxylic acids is 1. The Labute approximate surface area is 114 Å². The van der Waals surface area contributed by atoms with Gasteiger partial charge < -0.3 is 16.4 Å². The predicted molar refractivity (Wildman–Crippen MR) is 77.8 cm³/mol. The van der Waals surface area contributed by atoms with E-state index in [4.69, 9.17) is 11.5 Å². The van der Waals surface area contributed by atoms with E-state index in [1.807, 2.05) is 6.92 Å². The van der Waals surface area contributed by atoms with Crippen LogP contribution < -0.4 is 16.4 Å². The standard InChI is InChI=1S/C15H23N3O/c1-10-3-4-13(15(17)19)9-18(10)14-7-5-12(6-8-14)11(2)16/h5-8,10-11,13H,3-4,9,16H2,1-2H3,(H2,17,19). The van der Waals surface area contributed by atoms with Gasteiger partial charge in [0.15, 0.2) is 0 Å². The monoisotopic (exact) mass is 261 g/mol. The summed E-state index contributed by atoms with van der Waals surface area (Å²) in [5.41, 5.74) is 13.6. The van der Waals surface area contributed by atoms with E-state index in [2.05, 4.69) is 36.1 Å². The lowest BCUT2D eigenvalue weighted by molar-refractivity contribution is -0.122. The van der Waals surface area contributed by atoms with Gasteiger partial charge >= 0.3 is 0 Å². The minimum atomic E-state index is -0.191. The molecule has 1 aromatic carbocycles. The first-order valence-corrected chi connectivity index (χ1v) is 6.90. The number of benzene rings is 1. The number of piperidine rings is 1. The maximum Gasteiger partial charge on any atom is 0.222 e. The maximum absolute atomic E-state index is 11.4. The molecule has 1 saturated heterocycles. The second-order valence-corrected chi connectivity index (χ2v) is 5.56. The summed E-state index contributed by atoms with van der Waals surface area (Å²) in [6.45, 7) is 4.88. The van der Waals surface area contributed by atoms with Gasteiger partial charge in [0.2, 0.25) is 5.91 Å². The van der Waals surface area contributed by atoms with Crippen LogP contribution in [0, 0.1) is 5.92 Å². The molecule has 4 heteroatoms. The van der Waals surface area contributed by atoms with Crippen molar-refractivity contribution in [3.05, 3.63) is 29.8 Å². The number of primary amides is 1. The molecule has 4 nitrogen and oxygen atoms in total. The summed E-state index contributed by atoms with van der Waals surface area (Å²) in [4.78, 5) is 13.6. The molecule has 2 rings (SSSR count). The van der Waals surface area contributed by atoms with Crippen LogP contribution in [-0.4, -0.2) is 18.5 Å². The highest BCUT2D eigenvalue weighted by molar-refractivity contribution is 5.77. The average Bonchev–Trinajstić information content (AvgIpc) is 2.39. The van der Waals surface area contributed by atoms with E-state index in [9.17, 15) is 4.79 Å². The van der Waals surface area contributed by atoms with E-state index in [1.54, 1.807) is 0 Å². The fourth-order valence-electron chi connectivity index (χ4n) is 2.67. The molecule has 0 radical (unpaired) electrons. The summed E-state index contributed by atoms with van der Waals surface area (Å²) in [5.74, 6) is -0.228. The van der Waals surface area contributed by atoms with Gasteiger partial charge in [0, 0.05) is 24.3 Å². The van der Waals surface area contributed by atoms with E-state index in [-0.39, 0.29) is 17.9 Å². The molecule has 1 heterocycles. The number of nitrogens with zero attached hydrogens (tertiary/aromatic N) is 1. The molecule has 1 aromatic rings. The molecule has 1 fully saturated rings. The highest BCUT2D eigenvalue weighted by Crippen LogP contribution is 2.28. The first-order chi connectivity index (χ1) is 8.99. The first-order valence-electron chi connectivity index (χ1n) is 6.90. The van der Waals surface area contributed by atoms with Gasteiger partial charge in [-0.3, -0.25) is 4.79 Å². The SMILES string of the molecule is CC(N)c1ccc(N2CC(C(N)=O)CCC2C)cc1. The molecular formula is C15H23N3O. The van der Waals surface area contributed by atoms with Gasteiger partial charge in [-0.05, 0) is 44.4 Å². The second-order valence-electron chi connectivity index (χ2n) is 5.56. The lowest BCUT2D eigenvalue weighted by atomic mass is 9.92. The van der Waals surface area contributed by atoms with Crippen molar-refractivity contribution in [2.75, 3.05) is 11.4 Å².